The standard InChI is InChI=1S/C34H46ClNO9/c1-9-20(3)32(39)44-27-16-28(37)36(6)23-14-22(15-24(41-7)30(23)35)13-19(2)11-10-12-26(42-8)34(40)17-25(43-29(38)18-34)21(4)31-33(27,5)45-31/h10-12,14-15,20-21,25-27,31,40H,9,13,16-18H2,1-8H3/b12-10+,19-11+/t20-,21-,25+,26-,27+,31+,33+,34-/m1/s1. The number of halogens is 1. The van der Waals surface area contributed by atoms with Gasteiger partial charge in [0.25, 0.3) is 0 Å². The number of hydrogen-bond acceptors (Lipinski definition) is 9. The Kier molecular flexibility index (Phi) is 10.7. The molecular formula is C34H46ClNO9. The van der Waals surface area contributed by atoms with Gasteiger partial charge in [-0.25, -0.2) is 0 Å². The molecule has 4 bridgehead atoms. The first-order valence-corrected chi connectivity index (χ1v) is 15.8. The highest BCUT2D eigenvalue weighted by molar-refractivity contribution is 6.35. The highest BCUT2D eigenvalue weighted by Gasteiger charge is 2.64. The molecule has 11 heteroatoms. The van der Waals surface area contributed by atoms with Gasteiger partial charge in [0.2, 0.25) is 5.91 Å². The Labute approximate surface area is 270 Å². The number of benzene rings is 1. The highest BCUT2D eigenvalue weighted by Crippen LogP contribution is 2.50. The summed E-state index contributed by atoms with van der Waals surface area (Å²) in [5.41, 5.74) is -0.272. The van der Waals surface area contributed by atoms with Gasteiger partial charge in [-0.1, -0.05) is 56.2 Å². The van der Waals surface area contributed by atoms with Crippen molar-refractivity contribution in [3.8, 4) is 5.75 Å². The number of ether oxygens (including phenoxy) is 5. The van der Waals surface area contributed by atoms with Crippen molar-refractivity contribution in [2.24, 2.45) is 11.8 Å². The third-order valence-electron chi connectivity index (χ3n) is 9.48. The number of esters is 2. The van der Waals surface area contributed by atoms with Crippen molar-refractivity contribution >= 4 is 35.1 Å². The van der Waals surface area contributed by atoms with Gasteiger partial charge in [-0.15, -0.1) is 0 Å². The predicted octanol–water partition coefficient (Wildman–Crippen LogP) is 4.96. The van der Waals surface area contributed by atoms with E-state index in [9.17, 15) is 19.5 Å². The molecular weight excluding hydrogens is 602 g/mol. The molecule has 4 rings (SSSR count). The summed E-state index contributed by atoms with van der Waals surface area (Å²) in [5.74, 6) is -1.68. The second kappa shape index (κ2) is 13.8. The van der Waals surface area contributed by atoms with Crippen molar-refractivity contribution in [2.45, 2.75) is 102 Å². The number of allylic oxidation sites excluding steroid dienone is 3. The molecule has 248 valence electrons. The third kappa shape index (κ3) is 7.40. The van der Waals surface area contributed by atoms with Crippen molar-refractivity contribution in [3.05, 3.63) is 46.5 Å². The Balaban J connectivity index is 1.80. The fourth-order valence-corrected chi connectivity index (χ4v) is 6.59. The summed E-state index contributed by atoms with van der Waals surface area (Å²) >= 11 is 6.71. The third-order valence-corrected chi connectivity index (χ3v) is 9.86. The topological polar surface area (TPSA) is 124 Å². The van der Waals surface area contributed by atoms with Crippen LogP contribution in [0.3, 0.4) is 0 Å². The van der Waals surface area contributed by atoms with Crippen molar-refractivity contribution in [1.82, 2.24) is 0 Å². The SMILES string of the molecule is CC[C@@H](C)C(=O)O[C@H]1CC(=O)N(C)c2cc(cc(OC)c2Cl)C/C(C)=C/C=C/[C@@H](OC)[C@]2(O)CC(=O)O[C@@H](C2)[C@@H](C)[C@@H]2O[C@@]12C. The fraction of sp³-hybridized carbons (Fsp3) is 0.618. The molecule has 0 spiro atoms. The smallest absolute Gasteiger partial charge is 0.309 e. The molecule has 45 heavy (non-hydrogen) atoms. The Bertz CT molecular complexity index is 1360. The van der Waals surface area contributed by atoms with Crippen LogP contribution in [0.2, 0.25) is 5.02 Å². The number of epoxide rings is 1. The lowest BCUT2D eigenvalue weighted by atomic mass is 9.78. The molecule has 0 radical (unpaired) electrons. The second-order valence-corrected chi connectivity index (χ2v) is 13.2. The van der Waals surface area contributed by atoms with Crippen molar-refractivity contribution in [2.75, 3.05) is 26.2 Å². The number of aliphatic hydroxyl groups is 1. The molecule has 1 amide bonds. The minimum absolute atomic E-state index is 0.116. The Morgan fingerprint density at radius 1 is 1.27 bits per heavy atom. The van der Waals surface area contributed by atoms with Crippen molar-refractivity contribution in [1.29, 1.82) is 0 Å². The Morgan fingerprint density at radius 3 is 2.62 bits per heavy atom. The normalized spacial score (nSPS) is 34.9. The van der Waals surface area contributed by atoms with E-state index in [1.54, 1.807) is 33.0 Å². The number of fused-ring (bicyclic) bond motifs is 5. The van der Waals surface area contributed by atoms with E-state index < -0.39 is 53.5 Å². The summed E-state index contributed by atoms with van der Waals surface area (Å²) in [4.78, 5) is 41.2. The van der Waals surface area contributed by atoms with E-state index in [4.69, 9.17) is 35.3 Å². The van der Waals surface area contributed by atoms with Crippen LogP contribution in [0.4, 0.5) is 5.69 Å². The first-order chi connectivity index (χ1) is 21.2. The van der Waals surface area contributed by atoms with Crippen molar-refractivity contribution in [3.63, 3.8) is 0 Å². The van der Waals surface area contributed by atoms with Gasteiger partial charge in [-0.3, -0.25) is 14.4 Å². The quantitative estimate of drug-likeness (QED) is 0.349. The van der Waals surface area contributed by atoms with Crippen LogP contribution in [0.25, 0.3) is 0 Å². The van der Waals surface area contributed by atoms with Gasteiger partial charge in [0.1, 0.15) is 40.3 Å². The highest BCUT2D eigenvalue weighted by atomic mass is 35.5. The Hall–Kier alpha value is -2.92. The van der Waals surface area contributed by atoms with Crippen LogP contribution < -0.4 is 9.64 Å². The summed E-state index contributed by atoms with van der Waals surface area (Å²) in [5, 5.41) is 12.0. The molecule has 0 unspecified atom stereocenters. The largest absolute Gasteiger partial charge is 0.495 e. The molecule has 8 atom stereocenters. The van der Waals surface area contributed by atoms with E-state index in [1.165, 1.54) is 19.1 Å². The molecule has 0 aliphatic carbocycles. The molecule has 1 N–H and O–H groups in total. The summed E-state index contributed by atoms with van der Waals surface area (Å²) in [6.45, 7) is 9.27. The summed E-state index contributed by atoms with van der Waals surface area (Å²) < 4.78 is 29.2. The van der Waals surface area contributed by atoms with E-state index in [2.05, 4.69) is 0 Å². The van der Waals surface area contributed by atoms with Crippen LogP contribution in [0, 0.1) is 11.8 Å². The van der Waals surface area contributed by atoms with Crippen LogP contribution in [-0.4, -0.2) is 79.8 Å². The molecule has 10 nitrogen and oxygen atoms in total. The molecule has 2 fully saturated rings. The zero-order valence-electron chi connectivity index (χ0n) is 27.4. The lowest BCUT2D eigenvalue weighted by Gasteiger charge is -2.41. The summed E-state index contributed by atoms with van der Waals surface area (Å²) in [6, 6.07) is 3.66. The molecule has 3 aliphatic heterocycles. The molecule has 2 saturated heterocycles. The predicted molar refractivity (Wildman–Crippen MR) is 169 cm³/mol. The fourth-order valence-electron chi connectivity index (χ4n) is 6.28. The average Bonchev–Trinajstić information content (AvgIpc) is 3.69. The molecule has 1 aromatic carbocycles. The lowest BCUT2D eigenvalue weighted by Crippen LogP contribution is -2.53. The average molecular weight is 648 g/mol. The van der Waals surface area contributed by atoms with Crippen LogP contribution in [0.15, 0.2) is 35.9 Å². The van der Waals surface area contributed by atoms with E-state index in [0.29, 0.717) is 24.3 Å². The van der Waals surface area contributed by atoms with E-state index in [0.717, 1.165) is 11.1 Å². The first kappa shape index (κ1) is 34.9. The minimum atomic E-state index is -1.52. The maximum Gasteiger partial charge on any atom is 0.309 e. The van der Waals surface area contributed by atoms with E-state index in [-0.39, 0.29) is 36.1 Å². The first-order valence-electron chi connectivity index (χ1n) is 15.5. The number of methoxy groups -OCH3 is 2. The monoisotopic (exact) mass is 647 g/mol. The number of hydrogen-bond donors (Lipinski definition) is 1. The molecule has 1 aromatic rings. The molecule has 3 heterocycles. The van der Waals surface area contributed by atoms with Gasteiger partial charge in [-0.2, -0.15) is 0 Å². The zero-order valence-corrected chi connectivity index (χ0v) is 28.2. The maximum absolute atomic E-state index is 13.9. The van der Waals surface area contributed by atoms with Gasteiger partial charge in [0.15, 0.2) is 0 Å². The van der Waals surface area contributed by atoms with Gasteiger partial charge in [-0.05, 0) is 44.4 Å². The zero-order chi connectivity index (χ0) is 33.3. The number of carbonyl (C=O) groups is 3. The summed E-state index contributed by atoms with van der Waals surface area (Å²) in [7, 11) is 4.63. The van der Waals surface area contributed by atoms with Crippen LogP contribution in [-0.2, 0) is 39.8 Å². The maximum atomic E-state index is 13.9. The molecule has 3 aliphatic rings. The van der Waals surface area contributed by atoms with Crippen LogP contribution in [0.1, 0.15) is 65.9 Å². The van der Waals surface area contributed by atoms with Gasteiger partial charge < -0.3 is 33.7 Å². The van der Waals surface area contributed by atoms with Gasteiger partial charge >= 0.3 is 11.9 Å². The summed E-state index contributed by atoms with van der Waals surface area (Å²) in [6.07, 6.45) is 3.29. The second-order valence-electron chi connectivity index (χ2n) is 12.8. The number of anilines is 1. The Morgan fingerprint density at radius 2 is 1.98 bits per heavy atom. The van der Waals surface area contributed by atoms with E-state index in [1.807, 2.05) is 39.0 Å². The van der Waals surface area contributed by atoms with Crippen LogP contribution >= 0.6 is 11.6 Å². The van der Waals surface area contributed by atoms with Gasteiger partial charge in [0.05, 0.1) is 37.7 Å². The number of rotatable bonds is 5. The number of amides is 1. The minimum Gasteiger partial charge on any atom is -0.495 e. The van der Waals surface area contributed by atoms with Crippen LogP contribution in [0.5, 0.6) is 5.75 Å². The number of nitrogens with zero attached hydrogens (tertiary/aromatic N) is 1. The number of carbonyl (C=O) groups excluding carboxylic acids is 3. The lowest BCUT2D eigenvalue weighted by molar-refractivity contribution is -0.187. The molecule has 0 aromatic heterocycles. The van der Waals surface area contributed by atoms with E-state index >= 15 is 0 Å². The van der Waals surface area contributed by atoms with Crippen molar-refractivity contribution < 1.29 is 43.2 Å². The molecule has 0 saturated carbocycles. The van der Waals surface area contributed by atoms with Gasteiger partial charge in [0, 0.05) is 26.5 Å².